The Labute approximate surface area is 176 Å². The molecule has 4 aromatic rings. The minimum absolute atomic E-state index is 0.552. The summed E-state index contributed by atoms with van der Waals surface area (Å²) in [5.41, 5.74) is 3.10. The normalized spacial score (nSPS) is 10.8. The molecule has 2 heterocycles. The third-order valence-corrected chi connectivity index (χ3v) is 5.96. The maximum Gasteiger partial charge on any atom is 0.276 e. The minimum Gasteiger partial charge on any atom is -0.493 e. The van der Waals surface area contributed by atoms with Gasteiger partial charge in [0, 0.05) is 16.7 Å². The van der Waals surface area contributed by atoms with Crippen LogP contribution in [0.15, 0.2) is 63.6 Å². The van der Waals surface area contributed by atoms with Crippen LogP contribution in [0, 0.1) is 0 Å². The maximum absolute atomic E-state index is 5.74. The summed E-state index contributed by atoms with van der Waals surface area (Å²) in [6.45, 7) is 0. The molecule has 0 bridgehead atoms. The average molecular weight is 426 g/mol. The number of thioether (sulfide) groups is 1. The van der Waals surface area contributed by atoms with Crippen molar-refractivity contribution in [3.63, 3.8) is 0 Å². The Balaban J connectivity index is 1.39. The molecule has 29 heavy (non-hydrogen) atoms. The molecule has 0 aliphatic heterocycles. The van der Waals surface area contributed by atoms with Gasteiger partial charge in [-0.1, -0.05) is 42.1 Å². The molecule has 0 atom stereocenters. The summed E-state index contributed by atoms with van der Waals surface area (Å²) < 4.78 is 16.4. The predicted molar refractivity (Wildman–Crippen MR) is 114 cm³/mol. The Morgan fingerprint density at radius 2 is 1.83 bits per heavy atom. The van der Waals surface area contributed by atoms with Crippen LogP contribution in [0.3, 0.4) is 0 Å². The van der Waals surface area contributed by atoms with Gasteiger partial charge >= 0.3 is 0 Å². The first-order valence-electron chi connectivity index (χ1n) is 8.91. The molecule has 0 aliphatic carbocycles. The molecular formula is C21H19N3O3S2. The summed E-state index contributed by atoms with van der Waals surface area (Å²) in [4.78, 5) is 4.71. The van der Waals surface area contributed by atoms with Crippen molar-refractivity contribution < 1.29 is 13.9 Å². The molecule has 0 radical (unpaired) electrons. The van der Waals surface area contributed by atoms with Crippen molar-refractivity contribution in [1.29, 1.82) is 0 Å². The predicted octanol–water partition coefficient (Wildman–Crippen LogP) is 5.09. The fourth-order valence-corrected chi connectivity index (χ4v) is 4.34. The highest BCUT2D eigenvalue weighted by atomic mass is 32.2. The Hall–Kier alpha value is -2.84. The van der Waals surface area contributed by atoms with Crippen LogP contribution in [-0.4, -0.2) is 29.4 Å². The first kappa shape index (κ1) is 19.5. The standard InChI is InChI=1S/C21H19N3O3S2/c1-25-17-9-8-15(11-18(17)26-2)20-22-16(12-28-20)13-29-21-24-23-19(27-21)10-14-6-4-3-5-7-14/h3-9,11-12H,10,13H2,1-2H3. The van der Waals surface area contributed by atoms with Gasteiger partial charge in [0.15, 0.2) is 11.5 Å². The summed E-state index contributed by atoms with van der Waals surface area (Å²) >= 11 is 3.08. The number of aromatic nitrogens is 3. The van der Waals surface area contributed by atoms with Crippen LogP contribution in [0.2, 0.25) is 0 Å². The summed E-state index contributed by atoms with van der Waals surface area (Å²) in [6, 6.07) is 15.9. The third kappa shape index (κ3) is 4.78. The van der Waals surface area contributed by atoms with Crippen molar-refractivity contribution in [3.05, 3.63) is 71.1 Å². The largest absolute Gasteiger partial charge is 0.493 e. The highest BCUT2D eigenvalue weighted by Crippen LogP contribution is 2.34. The van der Waals surface area contributed by atoms with Crippen molar-refractivity contribution in [3.8, 4) is 22.1 Å². The van der Waals surface area contributed by atoms with E-state index < -0.39 is 0 Å². The SMILES string of the molecule is COc1ccc(-c2nc(CSc3nnc(Cc4ccccc4)o3)cs2)cc1OC. The molecule has 0 spiro atoms. The number of hydrogen-bond donors (Lipinski definition) is 0. The van der Waals surface area contributed by atoms with Crippen LogP contribution in [-0.2, 0) is 12.2 Å². The number of benzene rings is 2. The molecule has 0 saturated heterocycles. The zero-order valence-corrected chi connectivity index (χ0v) is 17.6. The van der Waals surface area contributed by atoms with Crippen LogP contribution in [0.25, 0.3) is 10.6 Å². The van der Waals surface area contributed by atoms with E-state index in [2.05, 4.69) is 10.2 Å². The van der Waals surface area contributed by atoms with E-state index in [1.54, 1.807) is 25.6 Å². The van der Waals surface area contributed by atoms with Gasteiger partial charge in [-0.3, -0.25) is 0 Å². The van der Waals surface area contributed by atoms with Crippen LogP contribution in [0.5, 0.6) is 11.5 Å². The van der Waals surface area contributed by atoms with E-state index in [1.165, 1.54) is 11.8 Å². The molecule has 0 fully saturated rings. The second-order valence-corrected chi connectivity index (χ2v) is 7.91. The first-order valence-corrected chi connectivity index (χ1v) is 10.8. The molecule has 0 unspecified atom stereocenters. The number of rotatable bonds is 8. The minimum atomic E-state index is 0.552. The van der Waals surface area contributed by atoms with E-state index in [0.717, 1.165) is 21.8 Å². The second-order valence-electron chi connectivity index (χ2n) is 6.13. The smallest absolute Gasteiger partial charge is 0.276 e. The van der Waals surface area contributed by atoms with Gasteiger partial charge < -0.3 is 13.9 Å². The van der Waals surface area contributed by atoms with Crippen molar-refractivity contribution in [1.82, 2.24) is 15.2 Å². The van der Waals surface area contributed by atoms with Gasteiger partial charge in [0.05, 0.1) is 26.3 Å². The lowest BCUT2D eigenvalue weighted by atomic mass is 10.2. The molecule has 2 aromatic heterocycles. The zero-order valence-electron chi connectivity index (χ0n) is 16.0. The number of hydrogen-bond acceptors (Lipinski definition) is 8. The zero-order chi connectivity index (χ0) is 20.1. The molecular weight excluding hydrogens is 406 g/mol. The Bertz CT molecular complexity index is 1080. The van der Waals surface area contributed by atoms with Gasteiger partial charge in [0.2, 0.25) is 5.89 Å². The van der Waals surface area contributed by atoms with E-state index in [4.69, 9.17) is 18.9 Å². The molecule has 0 saturated carbocycles. The van der Waals surface area contributed by atoms with Gasteiger partial charge in [0.1, 0.15) is 5.01 Å². The molecule has 0 N–H and O–H groups in total. The lowest BCUT2D eigenvalue weighted by Crippen LogP contribution is -1.90. The van der Waals surface area contributed by atoms with Crippen molar-refractivity contribution in [2.75, 3.05) is 14.2 Å². The van der Waals surface area contributed by atoms with Crippen LogP contribution in [0.1, 0.15) is 17.1 Å². The quantitative estimate of drug-likeness (QED) is 0.364. The molecule has 4 rings (SSSR count). The number of nitrogens with zero attached hydrogens (tertiary/aromatic N) is 3. The van der Waals surface area contributed by atoms with Gasteiger partial charge in [0.25, 0.3) is 5.22 Å². The third-order valence-electron chi connectivity index (χ3n) is 4.17. The van der Waals surface area contributed by atoms with E-state index in [-0.39, 0.29) is 0 Å². The van der Waals surface area contributed by atoms with E-state index in [1.807, 2.05) is 53.9 Å². The molecule has 8 heteroatoms. The monoisotopic (exact) mass is 425 g/mol. The summed E-state index contributed by atoms with van der Waals surface area (Å²) in [5.74, 6) is 2.67. The second kappa shape index (κ2) is 9.11. The van der Waals surface area contributed by atoms with E-state index in [0.29, 0.717) is 34.8 Å². The van der Waals surface area contributed by atoms with Crippen LogP contribution < -0.4 is 9.47 Å². The molecule has 6 nitrogen and oxygen atoms in total. The van der Waals surface area contributed by atoms with Crippen molar-refractivity contribution >= 4 is 23.1 Å². The molecule has 0 amide bonds. The van der Waals surface area contributed by atoms with E-state index >= 15 is 0 Å². The highest BCUT2D eigenvalue weighted by Gasteiger charge is 2.12. The first-order chi connectivity index (χ1) is 14.2. The summed E-state index contributed by atoms with van der Waals surface area (Å²) in [7, 11) is 3.25. The maximum atomic E-state index is 5.74. The average Bonchev–Trinajstić information content (AvgIpc) is 3.42. The van der Waals surface area contributed by atoms with Gasteiger partial charge in [-0.15, -0.1) is 21.5 Å². The highest BCUT2D eigenvalue weighted by molar-refractivity contribution is 7.98. The molecule has 0 aliphatic rings. The lowest BCUT2D eigenvalue weighted by Gasteiger charge is -2.08. The fraction of sp³-hybridized carbons (Fsp3) is 0.190. The molecule has 2 aromatic carbocycles. The van der Waals surface area contributed by atoms with Gasteiger partial charge in [-0.05, 0) is 23.8 Å². The van der Waals surface area contributed by atoms with E-state index in [9.17, 15) is 0 Å². The lowest BCUT2D eigenvalue weighted by molar-refractivity contribution is 0.355. The number of ether oxygens (including phenoxy) is 2. The summed E-state index contributed by atoms with van der Waals surface area (Å²) in [6.07, 6.45) is 0.633. The topological polar surface area (TPSA) is 70.3 Å². The molecule has 148 valence electrons. The van der Waals surface area contributed by atoms with Crippen LogP contribution >= 0.6 is 23.1 Å². The van der Waals surface area contributed by atoms with Crippen molar-refractivity contribution in [2.24, 2.45) is 0 Å². The summed E-state index contributed by atoms with van der Waals surface area (Å²) in [5, 5.41) is 11.8. The fourth-order valence-electron chi connectivity index (χ4n) is 2.75. The Morgan fingerprint density at radius 3 is 2.62 bits per heavy atom. The van der Waals surface area contributed by atoms with Gasteiger partial charge in [-0.2, -0.15) is 0 Å². The Morgan fingerprint density at radius 1 is 1.00 bits per heavy atom. The Kier molecular flexibility index (Phi) is 6.12. The number of methoxy groups -OCH3 is 2. The van der Waals surface area contributed by atoms with Gasteiger partial charge in [-0.25, -0.2) is 4.98 Å². The number of thiazole rings is 1. The van der Waals surface area contributed by atoms with Crippen molar-refractivity contribution in [2.45, 2.75) is 17.4 Å². The van der Waals surface area contributed by atoms with Crippen LogP contribution in [0.4, 0.5) is 0 Å².